The van der Waals surface area contributed by atoms with Crippen molar-refractivity contribution in [1.82, 2.24) is 4.57 Å². The van der Waals surface area contributed by atoms with Gasteiger partial charge in [0.15, 0.2) is 5.76 Å². The van der Waals surface area contributed by atoms with E-state index in [2.05, 4.69) is 102 Å². The number of allylic oxidation sites excluding steroid dienone is 9. The Labute approximate surface area is 193 Å². The van der Waals surface area contributed by atoms with Crippen molar-refractivity contribution in [3.8, 4) is 11.5 Å². The zero-order valence-corrected chi connectivity index (χ0v) is 18.5. The van der Waals surface area contributed by atoms with Crippen LogP contribution >= 0.6 is 0 Å². The average Bonchev–Trinajstić information content (AvgIpc) is 3.34. The van der Waals surface area contributed by atoms with Gasteiger partial charge in [0.1, 0.15) is 5.58 Å². The van der Waals surface area contributed by atoms with Crippen molar-refractivity contribution >= 4 is 33.6 Å². The van der Waals surface area contributed by atoms with Crippen LogP contribution in [-0.4, -0.2) is 4.57 Å². The first-order valence-electron chi connectivity index (χ1n) is 11.9. The summed E-state index contributed by atoms with van der Waals surface area (Å²) in [5.74, 6) is 1.53. The number of hydrogen-bond acceptors (Lipinski definition) is 1. The second-order valence-electron chi connectivity index (χ2n) is 9.18. The molecule has 1 atom stereocenters. The molecule has 7 rings (SSSR count). The van der Waals surface area contributed by atoms with Gasteiger partial charge in [-0.25, -0.2) is 0 Å². The predicted octanol–water partition coefficient (Wildman–Crippen LogP) is 8.32. The molecule has 0 aliphatic heterocycles. The summed E-state index contributed by atoms with van der Waals surface area (Å²) in [5.41, 5.74) is 8.88. The number of nitrogens with zero attached hydrogens (tertiary/aromatic N) is 1. The molecular weight excluding hydrogens is 402 g/mol. The van der Waals surface area contributed by atoms with Crippen LogP contribution in [-0.2, 0) is 6.42 Å². The van der Waals surface area contributed by atoms with Gasteiger partial charge in [-0.15, -0.1) is 0 Å². The maximum absolute atomic E-state index is 6.54. The van der Waals surface area contributed by atoms with E-state index in [1.165, 1.54) is 44.4 Å². The van der Waals surface area contributed by atoms with Crippen molar-refractivity contribution in [1.29, 1.82) is 0 Å². The van der Waals surface area contributed by atoms with E-state index in [-0.39, 0.29) is 0 Å². The van der Waals surface area contributed by atoms with Gasteiger partial charge in [-0.3, -0.25) is 0 Å². The fourth-order valence-electron chi connectivity index (χ4n) is 5.74. The van der Waals surface area contributed by atoms with Crippen LogP contribution < -0.4 is 0 Å². The van der Waals surface area contributed by atoms with E-state index in [9.17, 15) is 0 Å². The van der Waals surface area contributed by atoms with E-state index in [1.807, 2.05) is 0 Å². The molecule has 4 aromatic rings. The molecule has 0 bridgehead atoms. The summed E-state index contributed by atoms with van der Waals surface area (Å²) in [4.78, 5) is 0. The molecule has 0 saturated heterocycles. The third-order valence-electron chi connectivity index (χ3n) is 7.34. The maximum Gasteiger partial charge on any atom is 0.159 e. The lowest BCUT2D eigenvalue weighted by Gasteiger charge is -2.23. The van der Waals surface area contributed by atoms with E-state index in [0.29, 0.717) is 5.92 Å². The van der Waals surface area contributed by atoms with Crippen LogP contribution in [0.25, 0.3) is 45.1 Å². The van der Waals surface area contributed by atoms with Crippen LogP contribution in [0.1, 0.15) is 30.4 Å². The summed E-state index contributed by atoms with van der Waals surface area (Å²) in [6, 6.07) is 17.2. The first-order valence-corrected chi connectivity index (χ1v) is 11.9. The number of aromatic nitrogens is 1. The van der Waals surface area contributed by atoms with Crippen LogP contribution in [0.15, 0.2) is 101 Å². The number of fused-ring (bicyclic) bond motifs is 7. The Hall–Kier alpha value is -3.78. The quantitative estimate of drug-likeness (QED) is 0.314. The number of para-hydroxylation sites is 2. The second kappa shape index (κ2) is 7.38. The molecule has 0 saturated carbocycles. The van der Waals surface area contributed by atoms with Gasteiger partial charge < -0.3 is 8.98 Å². The van der Waals surface area contributed by atoms with Crippen LogP contribution in [0.2, 0.25) is 0 Å². The summed E-state index contributed by atoms with van der Waals surface area (Å²) in [5, 5.41) is 2.51. The highest BCUT2D eigenvalue weighted by molar-refractivity contribution is 6.01. The van der Waals surface area contributed by atoms with Crippen LogP contribution in [0.4, 0.5) is 0 Å². The normalized spacial score (nSPS) is 19.3. The molecule has 160 valence electrons. The Balaban J connectivity index is 1.46. The number of furan rings is 1. The molecule has 33 heavy (non-hydrogen) atoms. The molecule has 0 fully saturated rings. The highest BCUT2D eigenvalue weighted by Gasteiger charge is 2.27. The second-order valence-corrected chi connectivity index (χ2v) is 9.18. The summed E-state index contributed by atoms with van der Waals surface area (Å²) in [7, 11) is 0. The van der Waals surface area contributed by atoms with Crippen molar-refractivity contribution in [2.45, 2.75) is 25.7 Å². The molecule has 2 heteroatoms. The molecular formula is C31H25NO. The largest absolute Gasteiger partial charge is 0.454 e. The third-order valence-corrected chi connectivity index (χ3v) is 7.34. The average molecular weight is 428 g/mol. The molecule has 3 aliphatic carbocycles. The standard InChI is InChI=1S/C31H25NO/c1-2-9-21(10-3-1)22-17-19-23(20-18-22)32-28-15-6-4-11-24(28)26-13-8-14-27-25-12-5-7-16-29(25)33-31(27)30(26)32/h1-9,11-12,14-17,19,21H,10,13,18,20H2. The van der Waals surface area contributed by atoms with E-state index in [4.69, 9.17) is 4.42 Å². The molecule has 2 aromatic heterocycles. The van der Waals surface area contributed by atoms with E-state index in [1.54, 1.807) is 0 Å². The first kappa shape index (κ1) is 18.8. The topological polar surface area (TPSA) is 18.1 Å². The van der Waals surface area contributed by atoms with Crippen molar-refractivity contribution in [3.63, 3.8) is 0 Å². The summed E-state index contributed by atoms with van der Waals surface area (Å²) >= 11 is 0. The zero-order chi connectivity index (χ0) is 21.8. The first-order chi connectivity index (χ1) is 16.4. The molecule has 0 amide bonds. The van der Waals surface area contributed by atoms with Crippen molar-refractivity contribution < 1.29 is 4.42 Å². The van der Waals surface area contributed by atoms with Crippen molar-refractivity contribution in [2.24, 2.45) is 5.92 Å². The van der Waals surface area contributed by atoms with Gasteiger partial charge >= 0.3 is 0 Å². The molecule has 0 radical (unpaired) electrons. The Morgan fingerprint density at radius 1 is 0.848 bits per heavy atom. The molecule has 0 spiro atoms. The lowest BCUT2D eigenvalue weighted by molar-refractivity contribution is 0.625. The van der Waals surface area contributed by atoms with Gasteiger partial charge in [-0.05, 0) is 49.5 Å². The van der Waals surface area contributed by atoms with Gasteiger partial charge in [0.2, 0.25) is 0 Å². The lowest BCUT2D eigenvalue weighted by atomic mass is 9.86. The van der Waals surface area contributed by atoms with Crippen LogP contribution in [0.5, 0.6) is 0 Å². The van der Waals surface area contributed by atoms with Crippen molar-refractivity contribution in [2.75, 3.05) is 0 Å². The van der Waals surface area contributed by atoms with E-state index < -0.39 is 0 Å². The Morgan fingerprint density at radius 2 is 1.73 bits per heavy atom. The molecule has 2 aromatic carbocycles. The Kier molecular flexibility index (Phi) is 4.20. The minimum atomic E-state index is 0.539. The highest BCUT2D eigenvalue weighted by atomic mass is 16.3. The van der Waals surface area contributed by atoms with Crippen molar-refractivity contribution in [3.05, 3.63) is 108 Å². The lowest BCUT2D eigenvalue weighted by Crippen LogP contribution is -2.08. The van der Waals surface area contributed by atoms with E-state index in [0.717, 1.165) is 37.0 Å². The van der Waals surface area contributed by atoms with Gasteiger partial charge in [0, 0.05) is 28.0 Å². The Morgan fingerprint density at radius 3 is 2.58 bits per heavy atom. The number of rotatable bonds is 2. The summed E-state index contributed by atoms with van der Waals surface area (Å²) in [6.07, 6.45) is 22.4. The van der Waals surface area contributed by atoms with Crippen LogP contribution in [0.3, 0.4) is 0 Å². The molecule has 3 aliphatic rings. The molecule has 2 nitrogen and oxygen atoms in total. The third kappa shape index (κ3) is 2.87. The Bertz CT molecular complexity index is 1560. The number of benzene rings is 2. The van der Waals surface area contributed by atoms with Gasteiger partial charge in [-0.2, -0.15) is 0 Å². The highest BCUT2D eigenvalue weighted by Crippen LogP contribution is 2.45. The number of hydrogen-bond donors (Lipinski definition) is 0. The van der Waals surface area contributed by atoms with Gasteiger partial charge in [-0.1, -0.05) is 84.5 Å². The van der Waals surface area contributed by atoms with Gasteiger partial charge in [0.05, 0.1) is 11.2 Å². The fraction of sp³-hybridized carbons (Fsp3) is 0.161. The molecule has 2 heterocycles. The monoisotopic (exact) mass is 427 g/mol. The smallest absolute Gasteiger partial charge is 0.159 e. The minimum absolute atomic E-state index is 0.539. The molecule has 1 unspecified atom stereocenters. The van der Waals surface area contributed by atoms with Gasteiger partial charge in [0.25, 0.3) is 0 Å². The minimum Gasteiger partial charge on any atom is -0.454 e. The predicted molar refractivity (Wildman–Crippen MR) is 138 cm³/mol. The van der Waals surface area contributed by atoms with E-state index >= 15 is 0 Å². The summed E-state index contributed by atoms with van der Waals surface area (Å²) in [6.45, 7) is 0. The molecule has 0 N–H and O–H groups in total. The SMILES string of the molecule is C1=CCC(C2=CC=C(n3c4c(c5ccccc53)CC=Cc3c-4oc4ccccc34)CC2)C=C1. The maximum atomic E-state index is 6.54. The van der Waals surface area contributed by atoms with Crippen LogP contribution in [0, 0.1) is 5.92 Å². The zero-order valence-electron chi connectivity index (χ0n) is 18.5. The summed E-state index contributed by atoms with van der Waals surface area (Å²) < 4.78 is 9.02. The fourth-order valence-corrected chi connectivity index (χ4v) is 5.74.